The van der Waals surface area contributed by atoms with Gasteiger partial charge < -0.3 is 10.2 Å². The number of nitrogen functional groups attached to an aromatic ring is 1. The molecule has 3 nitrogen and oxygen atoms in total. The molecule has 1 heterocycles. The van der Waals surface area contributed by atoms with E-state index in [0.29, 0.717) is 11.6 Å². The summed E-state index contributed by atoms with van der Waals surface area (Å²) in [5, 5.41) is 0. The molecule has 0 unspecified atom stereocenters. The van der Waals surface area contributed by atoms with E-state index in [2.05, 4.69) is 4.98 Å². The van der Waals surface area contributed by atoms with Gasteiger partial charge in [0.25, 0.3) is 0 Å². The molecule has 0 atom stereocenters. The quantitative estimate of drug-likeness (QED) is 0.699. The Morgan fingerprint density at radius 1 is 1.21 bits per heavy atom. The molecule has 0 aliphatic carbocycles. The summed E-state index contributed by atoms with van der Waals surface area (Å²) < 4.78 is 5.49. The van der Waals surface area contributed by atoms with E-state index in [4.69, 9.17) is 10.2 Å². The van der Waals surface area contributed by atoms with Gasteiger partial charge in [-0.25, -0.2) is 4.98 Å². The van der Waals surface area contributed by atoms with E-state index in [0.717, 1.165) is 17.0 Å². The van der Waals surface area contributed by atoms with Crippen LogP contribution in [0.25, 0.3) is 11.5 Å². The van der Waals surface area contributed by atoms with Crippen LogP contribution in [0.1, 0.15) is 11.5 Å². The van der Waals surface area contributed by atoms with Gasteiger partial charge in [-0.1, -0.05) is 12.1 Å². The Morgan fingerprint density at radius 3 is 2.50 bits per heavy atom. The lowest BCUT2D eigenvalue weighted by Gasteiger charge is -1.98. The molecular formula is C11H12N2O. The van der Waals surface area contributed by atoms with Crippen LogP contribution < -0.4 is 5.73 Å². The SMILES string of the molecule is Cc1nc(-c2ccccc2N)oc1C. The summed E-state index contributed by atoms with van der Waals surface area (Å²) >= 11 is 0. The number of anilines is 1. The summed E-state index contributed by atoms with van der Waals surface area (Å²) in [4.78, 5) is 4.29. The van der Waals surface area contributed by atoms with Crippen molar-refractivity contribution < 1.29 is 4.42 Å². The fourth-order valence-corrected chi connectivity index (χ4v) is 1.28. The van der Waals surface area contributed by atoms with Crippen molar-refractivity contribution in [1.82, 2.24) is 4.98 Å². The third-order valence-corrected chi connectivity index (χ3v) is 2.22. The maximum Gasteiger partial charge on any atom is 0.228 e. The summed E-state index contributed by atoms with van der Waals surface area (Å²) in [6, 6.07) is 7.55. The predicted molar refractivity (Wildman–Crippen MR) is 55.8 cm³/mol. The average Bonchev–Trinajstić information content (AvgIpc) is 2.48. The highest BCUT2D eigenvalue weighted by Gasteiger charge is 2.09. The van der Waals surface area contributed by atoms with Crippen molar-refractivity contribution in [2.45, 2.75) is 13.8 Å². The van der Waals surface area contributed by atoms with Gasteiger partial charge in [-0.05, 0) is 26.0 Å². The Hall–Kier alpha value is -1.77. The summed E-state index contributed by atoms with van der Waals surface area (Å²) in [5.41, 5.74) is 8.26. The Labute approximate surface area is 82.6 Å². The first kappa shape index (κ1) is 8.81. The number of aromatic nitrogens is 1. The molecule has 1 aromatic heterocycles. The van der Waals surface area contributed by atoms with Crippen molar-refractivity contribution >= 4 is 5.69 Å². The zero-order valence-corrected chi connectivity index (χ0v) is 8.24. The molecule has 0 saturated heterocycles. The first-order valence-corrected chi connectivity index (χ1v) is 4.47. The van der Waals surface area contributed by atoms with Gasteiger partial charge in [0.2, 0.25) is 5.89 Å². The van der Waals surface area contributed by atoms with Crippen LogP contribution in [-0.4, -0.2) is 4.98 Å². The van der Waals surface area contributed by atoms with Gasteiger partial charge in [0.15, 0.2) is 0 Å². The third-order valence-electron chi connectivity index (χ3n) is 2.22. The van der Waals surface area contributed by atoms with Crippen molar-refractivity contribution in [3.63, 3.8) is 0 Å². The molecule has 0 radical (unpaired) electrons. The van der Waals surface area contributed by atoms with Gasteiger partial charge in [-0.15, -0.1) is 0 Å². The number of hydrogen-bond donors (Lipinski definition) is 1. The van der Waals surface area contributed by atoms with Crippen molar-refractivity contribution in [1.29, 1.82) is 0 Å². The van der Waals surface area contributed by atoms with Gasteiger partial charge >= 0.3 is 0 Å². The molecule has 0 aliphatic rings. The topological polar surface area (TPSA) is 52.0 Å². The van der Waals surface area contributed by atoms with E-state index in [1.807, 2.05) is 38.1 Å². The molecular weight excluding hydrogens is 176 g/mol. The number of para-hydroxylation sites is 1. The molecule has 2 N–H and O–H groups in total. The fourth-order valence-electron chi connectivity index (χ4n) is 1.28. The molecule has 1 aromatic carbocycles. The van der Waals surface area contributed by atoms with Crippen LogP contribution in [0.3, 0.4) is 0 Å². The summed E-state index contributed by atoms with van der Waals surface area (Å²) in [7, 11) is 0. The van der Waals surface area contributed by atoms with Gasteiger partial charge in [0.1, 0.15) is 5.76 Å². The maximum absolute atomic E-state index is 5.81. The molecule has 14 heavy (non-hydrogen) atoms. The molecule has 2 aromatic rings. The largest absolute Gasteiger partial charge is 0.441 e. The second-order valence-electron chi connectivity index (χ2n) is 3.25. The Balaban J connectivity index is 2.55. The number of hydrogen-bond acceptors (Lipinski definition) is 3. The average molecular weight is 188 g/mol. The van der Waals surface area contributed by atoms with Gasteiger partial charge in [-0.3, -0.25) is 0 Å². The monoisotopic (exact) mass is 188 g/mol. The lowest BCUT2D eigenvalue weighted by molar-refractivity contribution is 0.541. The molecule has 2 rings (SSSR count). The predicted octanol–water partition coefficient (Wildman–Crippen LogP) is 2.54. The highest BCUT2D eigenvalue weighted by atomic mass is 16.4. The number of rotatable bonds is 1. The Kier molecular flexibility index (Phi) is 2.00. The van der Waals surface area contributed by atoms with Crippen LogP contribution in [0, 0.1) is 13.8 Å². The first-order chi connectivity index (χ1) is 6.68. The summed E-state index contributed by atoms with van der Waals surface area (Å²) in [6.07, 6.45) is 0. The van der Waals surface area contributed by atoms with Crippen LogP contribution in [0.2, 0.25) is 0 Å². The van der Waals surface area contributed by atoms with Crippen LogP contribution >= 0.6 is 0 Å². The molecule has 0 saturated carbocycles. The van der Waals surface area contributed by atoms with Crippen LogP contribution in [0.5, 0.6) is 0 Å². The molecule has 0 amide bonds. The van der Waals surface area contributed by atoms with E-state index in [1.165, 1.54) is 0 Å². The molecule has 72 valence electrons. The number of nitrogens with two attached hydrogens (primary N) is 1. The summed E-state index contributed by atoms with van der Waals surface area (Å²) in [6.45, 7) is 3.81. The van der Waals surface area contributed by atoms with E-state index in [-0.39, 0.29) is 0 Å². The van der Waals surface area contributed by atoms with Gasteiger partial charge in [-0.2, -0.15) is 0 Å². The van der Waals surface area contributed by atoms with Gasteiger partial charge in [0.05, 0.1) is 11.3 Å². The highest BCUT2D eigenvalue weighted by molar-refractivity contribution is 5.70. The molecule has 0 aliphatic heterocycles. The van der Waals surface area contributed by atoms with Crippen molar-refractivity contribution in [3.05, 3.63) is 35.7 Å². The number of oxazole rings is 1. The second kappa shape index (κ2) is 3.18. The lowest BCUT2D eigenvalue weighted by Crippen LogP contribution is -1.88. The molecule has 0 spiro atoms. The van der Waals surface area contributed by atoms with Crippen molar-refractivity contribution in [3.8, 4) is 11.5 Å². The van der Waals surface area contributed by atoms with Crippen molar-refractivity contribution in [2.75, 3.05) is 5.73 Å². The molecule has 3 heteroatoms. The minimum absolute atomic E-state index is 0.595. The first-order valence-electron chi connectivity index (χ1n) is 4.47. The lowest BCUT2D eigenvalue weighted by atomic mass is 10.2. The van der Waals surface area contributed by atoms with E-state index < -0.39 is 0 Å². The minimum Gasteiger partial charge on any atom is -0.441 e. The zero-order valence-electron chi connectivity index (χ0n) is 8.24. The Morgan fingerprint density at radius 2 is 1.93 bits per heavy atom. The smallest absolute Gasteiger partial charge is 0.228 e. The van der Waals surface area contributed by atoms with Crippen LogP contribution in [0.15, 0.2) is 28.7 Å². The van der Waals surface area contributed by atoms with Gasteiger partial charge in [0, 0.05) is 5.69 Å². The van der Waals surface area contributed by atoms with Crippen molar-refractivity contribution in [2.24, 2.45) is 0 Å². The standard InChI is InChI=1S/C11H12N2O/c1-7-8(2)14-11(13-7)9-5-3-4-6-10(9)12/h3-6H,12H2,1-2H3. The van der Waals surface area contributed by atoms with Crippen LogP contribution in [-0.2, 0) is 0 Å². The number of benzene rings is 1. The van der Waals surface area contributed by atoms with E-state index >= 15 is 0 Å². The van der Waals surface area contributed by atoms with E-state index in [9.17, 15) is 0 Å². The minimum atomic E-state index is 0.595. The fraction of sp³-hybridized carbons (Fsp3) is 0.182. The normalized spacial score (nSPS) is 10.4. The number of nitrogens with zero attached hydrogens (tertiary/aromatic N) is 1. The number of aryl methyl sites for hydroxylation is 2. The van der Waals surface area contributed by atoms with E-state index in [1.54, 1.807) is 0 Å². The Bertz CT molecular complexity index is 441. The van der Waals surface area contributed by atoms with Crippen LogP contribution in [0.4, 0.5) is 5.69 Å². The second-order valence-corrected chi connectivity index (χ2v) is 3.25. The maximum atomic E-state index is 5.81. The zero-order chi connectivity index (χ0) is 10.1. The molecule has 0 bridgehead atoms. The summed E-state index contributed by atoms with van der Waals surface area (Å²) in [5.74, 6) is 1.43. The molecule has 0 fully saturated rings. The third kappa shape index (κ3) is 1.37. The highest BCUT2D eigenvalue weighted by Crippen LogP contribution is 2.26.